The van der Waals surface area contributed by atoms with Crippen LogP contribution >= 0.6 is 11.6 Å². The van der Waals surface area contributed by atoms with Gasteiger partial charge in [-0.2, -0.15) is 8.78 Å². The summed E-state index contributed by atoms with van der Waals surface area (Å²) < 4.78 is 58.7. The lowest BCUT2D eigenvalue weighted by Gasteiger charge is -2.30. The van der Waals surface area contributed by atoms with Crippen molar-refractivity contribution in [3.05, 3.63) is 32.8 Å². The molecule has 0 radical (unpaired) electrons. The van der Waals surface area contributed by atoms with E-state index >= 15 is 0 Å². The van der Waals surface area contributed by atoms with E-state index in [0.717, 1.165) is 0 Å². The maximum atomic E-state index is 13.2. The van der Waals surface area contributed by atoms with Crippen molar-refractivity contribution < 1.29 is 32.0 Å². The number of hydrogen-bond acceptors (Lipinski definition) is 4. The summed E-state index contributed by atoms with van der Waals surface area (Å²) >= 11 is 5.39. The first kappa shape index (κ1) is 12.8. The maximum Gasteiger partial charge on any atom is 0.540 e. The highest BCUT2D eigenvalue weighted by molar-refractivity contribution is 6.32. The first-order valence-corrected chi connectivity index (χ1v) is 4.63. The van der Waals surface area contributed by atoms with Gasteiger partial charge in [0.15, 0.2) is 0 Å². The van der Waals surface area contributed by atoms with Crippen LogP contribution in [0.3, 0.4) is 0 Å². The summed E-state index contributed by atoms with van der Waals surface area (Å²) in [6, 6.07) is 0.840. The van der Waals surface area contributed by atoms with Gasteiger partial charge in [0, 0.05) is 12.1 Å². The molecule has 1 aliphatic heterocycles. The third kappa shape index (κ3) is 2.06. The van der Waals surface area contributed by atoms with Gasteiger partial charge in [-0.05, 0) is 0 Å². The van der Waals surface area contributed by atoms with Crippen molar-refractivity contribution in [1.82, 2.24) is 0 Å². The van der Waals surface area contributed by atoms with E-state index in [1.54, 1.807) is 0 Å². The molecule has 0 unspecified atom stereocenters. The lowest BCUT2D eigenvalue weighted by molar-refractivity contribution is -0.461. The molecule has 98 valence electrons. The van der Waals surface area contributed by atoms with Crippen molar-refractivity contribution in [2.24, 2.45) is 0 Å². The molecule has 1 aromatic rings. The zero-order valence-corrected chi connectivity index (χ0v) is 8.88. The molecule has 0 aromatic heterocycles. The smallest absolute Gasteiger partial charge is 0.409 e. The minimum absolute atomic E-state index is 0.326. The quantitative estimate of drug-likeness (QED) is 0.452. The Morgan fingerprint density at radius 3 is 2.44 bits per heavy atom. The predicted molar refractivity (Wildman–Crippen MR) is 48.7 cm³/mol. The van der Waals surface area contributed by atoms with Crippen LogP contribution in [0, 0.1) is 10.1 Å². The van der Waals surface area contributed by atoms with E-state index in [1.165, 1.54) is 0 Å². The van der Waals surface area contributed by atoms with Gasteiger partial charge in [0.1, 0.15) is 16.3 Å². The summed E-state index contributed by atoms with van der Waals surface area (Å²) in [7, 11) is 0. The molecule has 1 aliphatic rings. The van der Waals surface area contributed by atoms with Crippen LogP contribution < -0.4 is 4.74 Å². The minimum atomic E-state index is -4.55. The van der Waals surface area contributed by atoms with E-state index < -0.39 is 39.3 Å². The number of nitrogens with zero attached hydrogens (tertiary/aromatic N) is 1. The van der Waals surface area contributed by atoms with E-state index in [4.69, 9.17) is 11.6 Å². The predicted octanol–water partition coefficient (Wildman–Crippen LogP) is 3.26. The minimum Gasteiger partial charge on any atom is -0.409 e. The summed E-state index contributed by atoms with van der Waals surface area (Å²) in [5, 5.41) is 9.89. The first-order valence-electron chi connectivity index (χ1n) is 4.25. The standard InChI is InChI=1S/C8H2ClF4NO4/c9-4-2-6-3(1-5(4)14(15)16)7(10,11)18-8(12,13)17-6/h1-2H. The van der Waals surface area contributed by atoms with Crippen LogP contribution in [0.1, 0.15) is 5.56 Å². The van der Waals surface area contributed by atoms with Crippen LogP contribution in [0.5, 0.6) is 5.75 Å². The number of hydrogen-bond donors (Lipinski definition) is 0. The van der Waals surface area contributed by atoms with Gasteiger partial charge < -0.3 is 4.74 Å². The number of nitro groups is 1. The first-order chi connectivity index (χ1) is 8.12. The second kappa shape index (κ2) is 3.69. The molecule has 0 saturated heterocycles. The fourth-order valence-electron chi connectivity index (χ4n) is 1.35. The van der Waals surface area contributed by atoms with Gasteiger partial charge in [0.25, 0.3) is 5.69 Å². The van der Waals surface area contributed by atoms with Crippen LogP contribution in [0.25, 0.3) is 0 Å². The lowest BCUT2D eigenvalue weighted by atomic mass is 10.1. The Bertz CT molecular complexity index is 536. The molecule has 5 nitrogen and oxygen atoms in total. The number of halogens is 5. The molecule has 0 atom stereocenters. The molecule has 0 aliphatic carbocycles. The number of benzene rings is 1. The Morgan fingerprint density at radius 1 is 1.28 bits per heavy atom. The summed E-state index contributed by atoms with van der Waals surface area (Å²) in [5.74, 6) is -0.980. The third-order valence-corrected chi connectivity index (χ3v) is 2.34. The van der Waals surface area contributed by atoms with E-state index in [0.29, 0.717) is 12.1 Å². The molecule has 0 N–H and O–H groups in total. The van der Waals surface area contributed by atoms with Crippen LogP contribution in [-0.4, -0.2) is 11.2 Å². The molecule has 0 spiro atoms. The number of ether oxygens (including phenoxy) is 2. The van der Waals surface area contributed by atoms with E-state index in [1.807, 2.05) is 0 Å². The van der Waals surface area contributed by atoms with E-state index in [9.17, 15) is 27.7 Å². The highest BCUT2D eigenvalue weighted by Crippen LogP contribution is 2.48. The molecule has 0 bridgehead atoms. The highest BCUT2D eigenvalue weighted by Gasteiger charge is 2.55. The number of nitro benzene ring substituents is 1. The van der Waals surface area contributed by atoms with Crippen molar-refractivity contribution >= 4 is 17.3 Å². The Hall–Kier alpha value is -1.61. The Labute approximate surface area is 101 Å². The summed E-state index contributed by atoms with van der Waals surface area (Å²) in [5.41, 5.74) is -2.06. The van der Waals surface area contributed by atoms with Crippen molar-refractivity contribution in [1.29, 1.82) is 0 Å². The molecule has 0 saturated carbocycles. The molecule has 10 heteroatoms. The largest absolute Gasteiger partial charge is 0.540 e. The molecule has 18 heavy (non-hydrogen) atoms. The van der Waals surface area contributed by atoms with Gasteiger partial charge in [0.2, 0.25) is 0 Å². The second-order valence-electron chi connectivity index (χ2n) is 3.24. The van der Waals surface area contributed by atoms with E-state index in [2.05, 4.69) is 9.47 Å². The molecule has 0 fully saturated rings. The maximum absolute atomic E-state index is 13.2. The molecule has 2 rings (SSSR count). The van der Waals surface area contributed by atoms with Crippen LogP contribution in [0.4, 0.5) is 23.2 Å². The van der Waals surface area contributed by atoms with Crippen molar-refractivity contribution in [3.63, 3.8) is 0 Å². The lowest BCUT2D eigenvalue weighted by Crippen LogP contribution is -2.41. The van der Waals surface area contributed by atoms with Crippen molar-refractivity contribution in [3.8, 4) is 5.75 Å². The zero-order valence-electron chi connectivity index (χ0n) is 8.12. The average Bonchev–Trinajstić information content (AvgIpc) is 2.11. The third-order valence-electron chi connectivity index (χ3n) is 2.04. The Morgan fingerprint density at radius 2 is 1.89 bits per heavy atom. The fourth-order valence-corrected chi connectivity index (χ4v) is 1.57. The van der Waals surface area contributed by atoms with E-state index in [-0.39, 0.29) is 0 Å². The summed E-state index contributed by atoms with van der Waals surface area (Å²) in [6.45, 7) is 0. The Balaban J connectivity index is 2.63. The number of fused-ring (bicyclic) bond motifs is 1. The average molecular weight is 288 g/mol. The van der Waals surface area contributed by atoms with Crippen LogP contribution in [-0.2, 0) is 10.8 Å². The SMILES string of the molecule is O=[N+]([O-])c1cc2c(cc1Cl)OC(F)(F)OC2(F)F. The zero-order chi connectivity index (χ0) is 13.7. The summed E-state index contributed by atoms with van der Waals surface area (Å²) in [6.07, 6.45) is -8.97. The topological polar surface area (TPSA) is 61.6 Å². The highest BCUT2D eigenvalue weighted by atomic mass is 35.5. The monoisotopic (exact) mass is 287 g/mol. The van der Waals surface area contributed by atoms with Crippen molar-refractivity contribution in [2.45, 2.75) is 12.4 Å². The van der Waals surface area contributed by atoms with Gasteiger partial charge in [-0.1, -0.05) is 11.6 Å². The fraction of sp³-hybridized carbons (Fsp3) is 0.250. The second-order valence-corrected chi connectivity index (χ2v) is 3.65. The van der Waals surface area contributed by atoms with Gasteiger partial charge in [-0.15, -0.1) is 8.78 Å². The van der Waals surface area contributed by atoms with Crippen LogP contribution in [0.15, 0.2) is 12.1 Å². The van der Waals surface area contributed by atoms with Gasteiger partial charge in [-0.3, -0.25) is 10.1 Å². The van der Waals surface area contributed by atoms with Crippen molar-refractivity contribution in [2.75, 3.05) is 0 Å². The molecule has 1 heterocycles. The normalized spacial score (nSPS) is 19.8. The van der Waals surface area contributed by atoms with Gasteiger partial charge >= 0.3 is 12.4 Å². The van der Waals surface area contributed by atoms with Gasteiger partial charge in [0.05, 0.1) is 4.92 Å². The molecule has 1 aromatic carbocycles. The Kier molecular flexibility index (Phi) is 2.63. The van der Waals surface area contributed by atoms with Gasteiger partial charge in [-0.25, -0.2) is 4.74 Å². The number of rotatable bonds is 1. The number of alkyl halides is 4. The molecular formula is C8H2ClF4NO4. The molecular weight excluding hydrogens is 286 g/mol. The summed E-state index contributed by atoms with van der Waals surface area (Å²) in [4.78, 5) is 9.46. The molecule has 0 amide bonds. The van der Waals surface area contributed by atoms with Crippen LogP contribution in [0.2, 0.25) is 5.02 Å².